The average molecular weight is 333 g/mol. The zero-order valence-electron chi connectivity index (χ0n) is 12.6. The van der Waals surface area contributed by atoms with Gasteiger partial charge in [-0.15, -0.1) is 11.3 Å². The summed E-state index contributed by atoms with van der Waals surface area (Å²) in [5.41, 5.74) is 0.899. The van der Waals surface area contributed by atoms with E-state index in [0.29, 0.717) is 17.8 Å². The second kappa shape index (κ2) is 7.50. The highest BCUT2D eigenvalue weighted by Crippen LogP contribution is 2.27. The fourth-order valence-electron chi connectivity index (χ4n) is 1.85. The number of hydrogen-bond acceptors (Lipinski definition) is 7. The Kier molecular flexibility index (Phi) is 5.42. The first kappa shape index (κ1) is 16.6. The standard InChI is InChI=1S/C15H15N3O4S/c1-10-16-8-12(23-10)9-17-13-5-3-11(4-6-15(19)22-2)7-14(13)18(20)21/h3-8,17H,9H2,1-2H3/b6-4+. The number of rotatable bonds is 6. The molecule has 2 aromatic rings. The molecule has 0 aliphatic rings. The van der Waals surface area contributed by atoms with E-state index in [1.165, 1.54) is 36.7 Å². The van der Waals surface area contributed by atoms with Crippen LogP contribution in [-0.2, 0) is 16.1 Å². The second-order valence-corrected chi connectivity index (χ2v) is 5.91. The van der Waals surface area contributed by atoms with Gasteiger partial charge in [0.05, 0.1) is 23.6 Å². The Bertz CT molecular complexity index is 755. The lowest BCUT2D eigenvalue weighted by atomic mass is 10.1. The molecule has 0 amide bonds. The quantitative estimate of drug-likeness (QED) is 0.378. The van der Waals surface area contributed by atoms with Gasteiger partial charge in [0.1, 0.15) is 5.69 Å². The zero-order valence-corrected chi connectivity index (χ0v) is 13.4. The van der Waals surface area contributed by atoms with Gasteiger partial charge in [0.25, 0.3) is 5.69 Å². The third-order valence-corrected chi connectivity index (χ3v) is 3.87. The third kappa shape index (κ3) is 4.62. The number of esters is 1. The Hall–Kier alpha value is -2.74. The molecule has 1 aromatic heterocycles. The maximum Gasteiger partial charge on any atom is 0.330 e. The summed E-state index contributed by atoms with van der Waals surface area (Å²) >= 11 is 1.53. The molecule has 1 heterocycles. The van der Waals surface area contributed by atoms with E-state index in [9.17, 15) is 14.9 Å². The number of nitro benzene ring substituents is 1. The summed E-state index contributed by atoms with van der Waals surface area (Å²) in [6.45, 7) is 2.36. The molecule has 0 saturated heterocycles. The molecule has 0 atom stereocenters. The number of nitrogens with one attached hydrogen (secondary N) is 1. The van der Waals surface area contributed by atoms with Crippen LogP contribution in [0.15, 0.2) is 30.5 Å². The number of nitro groups is 1. The number of thiazole rings is 1. The predicted molar refractivity (Wildman–Crippen MR) is 88.3 cm³/mol. The first-order valence-corrected chi connectivity index (χ1v) is 7.51. The highest BCUT2D eigenvalue weighted by atomic mass is 32.1. The van der Waals surface area contributed by atoms with Gasteiger partial charge in [-0.1, -0.05) is 6.07 Å². The summed E-state index contributed by atoms with van der Waals surface area (Å²) in [6.07, 6.45) is 4.42. The van der Waals surface area contributed by atoms with E-state index < -0.39 is 10.9 Å². The van der Waals surface area contributed by atoms with Crippen molar-refractivity contribution in [2.24, 2.45) is 0 Å². The Morgan fingerprint density at radius 2 is 2.30 bits per heavy atom. The smallest absolute Gasteiger partial charge is 0.330 e. The van der Waals surface area contributed by atoms with Gasteiger partial charge in [0, 0.05) is 23.2 Å². The number of aromatic nitrogens is 1. The van der Waals surface area contributed by atoms with Gasteiger partial charge in [0.15, 0.2) is 0 Å². The molecule has 0 aliphatic heterocycles. The number of hydrogen-bond donors (Lipinski definition) is 1. The molecule has 0 unspecified atom stereocenters. The molecular formula is C15H15N3O4S. The average Bonchev–Trinajstić information content (AvgIpc) is 2.96. The number of ether oxygens (including phenoxy) is 1. The number of methoxy groups -OCH3 is 1. The van der Waals surface area contributed by atoms with Crippen LogP contribution >= 0.6 is 11.3 Å². The molecule has 0 bridgehead atoms. The van der Waals surface area contributed by atoms with Crippen molar-refractivity contribution in [1.82, 2.24) is 4.98 Å². The highest BCUT2D eigenvalue weighted by Gasteiger charge is 2.14. The van der Waals surface area contributed by atoms with Crippen LogP contribution in [0.1, 0.15) is 15.4 Å². The Morgan fingerprint density at radius 1 is 1.52 bits per heavy atom. The van der Waals surface area contributed by atoms with Crippen molar-refractivity contribution in [3.8, 4) is 0 Å². The van der Waals surface area contributed by atoms with Gasteiger partial charge >= 0.3 is 5.97 Å². The topological polar surface area (TPSA) is 94.4 Å². The van der Waals surface area contributed by atoms with E-state index in [-0.39, 0.29) is 5.69 Å². The largest absolute Gasteiger partial charge is 0.466 e. The molecule has 0 radical (unpaired) electrons. The number of anilines is 1. The van der Waals surface area contributed by atoms with Gasteiger partial charge in [-0.2, -0.15) is 0 Å². The van der Waals surface area contributed by atoms with E-state index in [1.54, 1.807) is 18.3 Å². The van der Waals surface area contributed by atoms with Crippen molar-refractivity contribution >= 4 is 34.8 Å². The van der Waals surface area contributed by atoms with E-state index in [0.717, 1.165) is 9.88 Å². The van der Waals surface area contributed by atoms with Crippen LogP contribution in [0.2, 0.25) is 0 Å². The number of nitrogens with zero attached hydrogens (tertiary/aromatic N) is 2. The van der Waals surface area contributed by atoms with Crippen molar-refractivity contribution in [3.63, 3.8) is 0 Å². The fourth-order valence-corrected chi connectivity index (χ4v) is 2.59. The molecule has 0 spiro atoms. The molecule has 23 heavy (non-hydrogen) atoms. The van der Waals surface area contributed by atoms with Crippen LogP contribution in [0.4, 0.5) is 11.4 Å². The number of carbonyl (C=O) groups is 1. The SMILES string of the molecule is COC(=O)/C=C/c1ccc(NCc2cnc(C)s2)c([N+](=O)[O-])c1. The summed E-state index contributed by atoms with van der Waals surface area (Å²) in [6, 6.07) is 4.70. The lowest BCUT2D eigenvalue weighted by Crippen LogP contribution is -2.02. The Labute approximate surface area is 136 Å². The van der Waals surface area contributed by atoms with Gasteiger partial charge in [-0.05, 0) is 24.6 Å². The zero-order chi connectivity index (χ0) is 16.8. The molecule has 7 nitrogen and oxygen atoms in total. The first-order chi connectivity index (χ1) is 11.0. The van der Waals surface area contributed by atoms with Crippen molar-refractivity contribution in [3.05, 3.63) is 56.0 Å². The summed E-state index contributed by atoms with van der Waals surface area (Å²) < 4.78 is 4.49. The van der Waals surface area contributed by atoms with Crippen LogP contribution in [0.25, 0.3) is 6.08 Å². The van der Waals surface area contributed by atoms with Crippen LogP contribution in [0.5, 0.6) is 0 Å². The first-order valence-electron chi connectivity index (χ1n) is 6.69. The van der Waals surface area contributed by atoms with Crippen molar-refractivity contribution in [2.45, 2.75) is 13.5 Å². The van der Waals surface area contributed by atoms with E-state index in [4.69, 9.17) is 0 Å². The maximum atomic E-state index is 11.2. The van der Waals surface area contributed by atoms with E-state index >= 15 is 0 Å². The lowest BCUT2D eigenvalue weighted by molar-refractivity contribution is -0.384. The normalized spacial score (nSPS) is 10.7. The number of aryl methyl sites for hydroxylation is 1. The van der Waals surface area contributed by atoms with Gasteiger partial charge in [-0.3, -0.25) is 10.1 Å². The number of carbonyl (C=O) groups excluding carboxylic acids is 1. The molecule has 0 fully saturated rings. The number of benzene rings is 1. The minimum Gasteiger partial charge on any atom is -0.466 e. The fraction of sp³-hybridized carbons (Fsp3) is 0.200. The second-order valence-electron chi connectivity index (χ2n) is 4.59. The highest BCUT2D eigenvalue weighted by molar-refractivity contribution is 7.11. The Morgan fingerprint density at radius 3 is 2.91 bits per heavy atom. The van der Waals surface area contributed by atoms with E-state index in [2.05, 4.69) is 15.0 Å². The van der Waals surface area contributed by atoms with Crippen molar-refractivity contribution < 1.29 is 14.5 Å². The van der Waals surface area contributed by atoms with Crippen LogP contribution in [0.3, 0.4) is 0 Å². The van der Waals surface area contributed by atoms with E-state index in [1.807, 2.05) is 6.92 Å². The summed E-state index contributed by atoms with van der Waals surface area (Å²) in [5, 5.41) is 15.2. The van der Waals surface area contributed by atoms with Crippen LogP contribution in [0, 0.1) is 17.0 Å². The molecule has 0 saturated carbocycles. The summed E-state index contributed by atoms with van der Waals surface area (Å²) in [4.78, 5) is 27.0. The monoisotopic (exact) mass is 333 g/mol. The minimum absolute atomic E-state index is 0.0572. The molecular weight excluding hydrogens is 318 g/mol. The van der Waals surface area contributed by atoms with Gasteiger partial charge in [0.2, 0.25) is 0 Å². The van der Waals surface area contributed by atoms with Gasteiger partial charge in [-0.25, -0.2) is 9.78 Å². The third-order valence-electron chi connectivity index (χ3n) is 2.95. The molecule has 1 aromatic carbocycles. The Balaban J connectivity index is 2.17. The molecule has 2 rings (SSSR count). The van der Waals surface area contributed by atoms with Crippen LogP contribution in [-0.4, -0.2) is 23.0 Å². The summed E-state index contributed by atoms with van der Waals surface area (Å²) in [7, 11) is 1.27. The van der Waals surface area contributed by atoms with Crippen molar-refractivity contribution in [2.75, 3.05) is 12.4 Å². The lowest BCUT2D eigenvalue weighted by Gasteiger charge is -2.06. The minimum atomic E-state index is -0.518. The predicted octanol–water partition coefficient (Wildman–Crippen LogP) is 3.16. The van der Waals surface area contributed by atoms with Crippen LogP contribution < -0.4 is 5.32 Å². The summed E-state index contributed by atoms with van der Waals surface area (Å²) in [5.74, 6) is -0.518. The molecule has 1 N–H and O–H groups in total. The maximum absolute atomic E-state index is 11.2. The molecule has 8 heteroatoms. The molecule has 120 valence electrons. The van der Waals surface area contributed by atoms with Gasteiger partial charge < -0.3 is 10.1 Å². The molecule has 0 aliphatic carbocycles. The van der Waals surface area contributed by atoms with Crippen molar-refractivity contribution in [1.29, 1.82) is 0 Å².